The first-order chi connectivity index (χ1) is 14.0. The fraction of sp³-hybridized carbons (Fsp3) is 0.250. The lowest BCUT2D eigenvalue weighted by Crippen LogP contribution is -2.24. The highest BCUT2D eigenvalue weighted by atomic mass is 19.3. The highest BCUT2D eigenvalue weighted by molar-refractivity contribution is 5.96. The van der Waals surface area contributed by atoms with E-state index < -0.39 is 12.5 Å². The molecular weight excluding hydrogens is 382 g/mol. The number of rotatable bonds is 8. The zero-order valence-corrected chi connectivity index (χ0v) is 15.9. The molecule has 1 aromatic heterocycles. The van der Waals surface area contributed by atoms with Crippen LogP contribution in [0.1, 0.15) is 28.7 Å². The number of aryl methyl sites for hydroxylation is 1. The first-order valence-electron chi connectivity index (χ1n) is 8.95. The number of alkyl halides is 2. The Kier molecular flexibility index (Phi) is 6.38. The number of halogens is 2. The van der Waals surface area contributed by atoms with Crippen LogP contribution in [0.2, 0.25) is 0 Å². The number of benzene rings is 2. The molecule has 2 aromatic carbocycles. The number of carbonyl (C=O) groups is 1. The van der Waals surface area contributed by atoms with E-state index in [1.807, 2.05) is 32.0 Å². The topological polar surface area (TPSA) is 89.1 Å². The van der Waals surface area contributed by atoms with Crippen LogP contribution >= 0.6 is 0 Å². The molecule has 0 atom stereocenters. The number of nitrogens with zero attached hydrogens (tertiary/aromatic N) is 2. The van der Waals surface area contributed by atoms with Gasteiger partial charge in [0.15, 0.2) is 5.82 Å². The Labute approximate surface area is 166 Å². The molecule has 0 aliphatic rings. The van der Waals surface area contributed by atoms with Crippen LogP contribution in [0.25, 0.3) is 11.4 Å². The van der Waals surface area contributed by atoms with Crippen molar-refractivity contribution in [2.45, 2.75) is 27.0 Å². The van der Waals surface area contributed by atoms with Gasteiger partial charge in [-0.15, -0.1) is 0 Å². The summed E-state index contributed by atoms with van der Waals surface area (Å²) in [4.78, 5) is 16.8. The van der Waals surface area contributed by atoms with E-state index in [1.54, 1.807) is 6.07 Å². The summed E-state index contributed by atoms with van der Waals surface area (Å²) in [5.74, 6) is 0.738. The summed E-state index contributed by atoms with van der Waals surface area (Å²) in [5.41, 5.74) is 1.76. The van der Waals surface area contributed by atoms with E-state index in [1.165, 1.54) is 18.2 Å². The molecule has 3 aromatic rings. The molecule has 0 spiro atoms. The molecule has 152 valence electrons. The SMILES string of the molecule is CCOc1ccc(C)cc1-c1n[nH]c(CNC(=O)c2ccccc2OC(F)F)n1. The molecule has 3 rings (SSSR count). The minimum absolute atomic E-state index is 0.00450. The Morgan fingerprint density at radius 2 is 2.00 bits per heavy atom. The van der Waals surface area contributed by atoms with Gasteiger partial charge in [0.05, 0.1) is 24.3 Å². The van der Waals surface area contributed by atoms with E-state index in [9.17, 15) is 13.6 Å². The van der Waals surface area contributed by atoms with Crippen LogP contribution in [-0.2, 0) is 6.54 Å². The molecule has 0 radical (unpaired) electrons. The van der Waals surface area contributed by atoms with Crippen LogP contribution in [0.4, 0.5) is 8.78 Å². The number of nitrogens with one attached hydrogen (secondary N) is 2. The summed E-state index contributed by atoms with van der Waals surface area (Å²) in [6.07, 6.45) is 0. The van der Waals surface area contributed by atoms with Gasteiger partial charge in [-0.3, -0.25) is 9.89 Å². The van der Waals surface area contributed by atoms with E-state index >= 15 is 0 Å². The van der Waals surface area contributed by atoms with E-state index in [0.29, 0.717) is 24.0 Å². The van der Waals surface area contributed by atoms with Gasteiger partial charge in [-0.05, 0) is 38.1 Å². The monoisotopic (exact) mass is 402 g/mol. The van der Waals surface area contributed by atoms with Crippen LogP contribution in [0.15, 0.2) is 42.5 Å². The average Bonchev–Trinajstić information content (AvgIpc) is 3.16. The lowest BCUT2D eigenvalue weighted by molar-refractivity contribution is -0.0501. The summed E-state index contributed by atoms with van der Waals surface area (Å²) in [6, 6.07) is 11.5. The molecule has 0 aliphatic heterocycles. The van der Waals surface area contributed by atoms with E-state index in [2.05, 4.69) is 25.2 Å². The van der Waals surface area contributed by atoms with Crippen LogP contribution in [0.3, 0.4) is 0 Å². The Bertz CT molecular complexity index is 991. The van der Waals surface area contributed by atoms with Crippen LogP contribution in [0.5, 0.6) is 11.5 Å². The van der Waals surface area contributed by atoms with Gasteiger partial charge in [0.2, 0.25) is 0 Å². The molecule has 29 heavy (non-hydrogen) atoms. The molecule has 0 unspecified atom stereocenters. The molecule has 0 saturated heterocycles. The number of ether oxygens (including phenoxy) is 2. The maximum atomic E-state index is 12.5. The number of aromatic nitrogens is 3. The Balaban J connectivity index is 1.72. The summed E-state index contributed by atoms with van der Waals surface area (Å²) in [6.45, 7) is 1.35. The van der Waals surface area contributed by atoms with E-state index in [-0.39, 0.29) is 17.9 Å². The Hall–Kier alpha value is -3.49. The lowest BCUT2D eigenvalue weighted by atomic mass is 10.1. The van der Waals surface area contributed by atoms with Crippen molar-refractivity contribution in [3.63, 3.8) is 0 Å². The number of hydrogen-bond acceptors (Lipinski definition) is 5. The number of para-hydroxylation sites is 1. The first kappa shape index (κ1) is 20.2. The second kappa shape index (κ2) is 9.13. The minimum Gasteiger partial charge on any atom is -0.493 e. The normalized spacial score (nSPS) is 10.8. The predicted molar refractivity (Wildman–Crippen MR) is 102 cm³/mol. The van der Waals surface area contributed by atoms with Crippen LogP contribution < -0.4 is 14.8 Å². The summed E-state index contributed by atoms with van der Waals surface area (Å²) < 4.78 is 35.0. The maximum absolute atomic E-state index is 12.5. The molecule has 1 heterocycles. The summed E-state index contributed by atoms with van der Waals surface area (Å²) in [5, 5.41) is 9.57. The van der Waals surface area contributed by atoms with Crippen molar-refractivity contribution in [2.75, 3.05) is 6.61 Å². The quantitative estimate of drug-likeness (QED) is 0.600. The zero-order valence-electron chi connectivity index (χ0n) is 15.9. The van der Waals surface area contributed by atoms with Crippen LogP contribution in [0, 0.1) is 6.92 Å². The number of carbonyl (C=O) groups excluding carboxylic acids is 1. The van der Waals surface area contributed by atoms with E-state index in [0.717, 1.165) is 11.1 Å². The van der Waals surface area contributed by atoms with Gasteiger partial charge in [-0.2, -0.15) is 13.9 Å². The fourth-order valence-corrected chi connectivity index (χ4v) is 2.71. The van der Waals surface area contributed by atoms with Gasteiger partial charge in [0.25, 0.3) is 5.91 Å². The van der Waals surface area contributed by atoms with Gasteiger partial charge < -0.3 is 14.8 Å². The van der Waals surface area contributed by atoms with Gasteiger partial charge in [-0.25, -0.2) is 4.98 Å². The van der Waals surface area contributed by atoms with Crippen molar-refractivity contribution in [3.8, 4) is 22.9 Å². The highest BCUT2D eigenvalue weighted by Crippen LogP contribution is 2.28. The molecule has 0 saturated carbocycles. The number of hydrogen-bond donors (Lipinski definition) is 2. The summed E-state index contributed by atoms with van der Waals surface area (Å²) >= 11 is 0. The molecule has 9 heteroatoms. The van der Waals surface area contributed by atoms with Crippen molar-refractivity contribution >= 4 is 5.91 Å². The van der Waals surface area contributed by atoms with Crippen LogP contribution in [-0.4, -0.2) is 34.3 Å². The number of aromatic amines is 1. The third-order valence-electron chi connectivity index (χ3n) is 3.97. The van der Waals surface area contributed by atoms with Crippen molar-refractivity contribution < 1.29 is 23.0 Å². The molecular formula is C20H20F2N4O3. The highest BCUT2D eigenvalue weighted by Gasteiger charge is 2.16. The van der Waals surface area contributed by atoms with Gasteiger partial charge in [0.1, 0.15) is 17.3 Å². The molecule has 1 amide bonds. The molecule has 0 bridgehead atoms. The second-order valence-corrected chi connectivity index (χ2v) is 6.10. The predicted octanol–water partition coefficient (Wildman–Crippen LogP) is 3.71. The average molecular weight is 402 g/mol. The van der Waals surface area contributed by atoms with Crippen molar-refractivity contribution in [2.24, 2.45) is 0 Å². The third-order valence-corrected chi connectivity index (χ3v) is 3.97. The van der Waals surface area contributed by atoms with Gasteiger partial charge in [-0.1, -0.05) is 23.8 Å². The molecule has 0 aliphatic carbocycles. The zero-order chi connectivity index (χ0) is 20.8. The summed E-state index contributed by atoms with van der Waals surface area (Å²) in [7, 11) is 0. The smallest absolute Gasteiger partial charge is 0.387 e. The minimum atomic E-state index is -3.02. The van der Waals surface area contributed by atoms with Gasteiger partial charge in [0, 0.05) is 0 Å². The fourth-order valence-electron chi connectivity index (χ4n) is 2.71. The molecule has 0 fully saturated rings. The molecule has 2 N–H and O–H groups in total. The van der Waals surface area contributed by atoms with E-state index in [4.69, 9.17) is 4.74 Å². The first-order valence-corrected chi connectivity index (χ1v) is 8.95. The number of H-pyrrole nitrogens is 1. The Morgan fingerprint density at radius 3 is 2.76 bits per heavy atom. The molecule has 7 nitrogen and oxygen atoms in total. The number of amides is 1. The second-order valence-electron chi connectivity index (χ2n) is 6.10. The lowest BCUT2D eigenvalue weighted by Gasteiger charge is -2.10. The Morgan fingerprint density at radius 1 is 1.21 bits per heavy atom. The van der Waals surface area contributed by atoms with Gasteiger partial charge >= 0.3 is 6.61 Å². The standard InChI is InChI=1S/C20H20F2N4O3/c1-3-28-15-9-8-12(2)10-14(15)18-24-17(25-26-18)11-23-19(27)13-6-4-5-7-16(13)29-20(21)22/h4-10,20H,3,11H2,1-2H3,(H,23,27)(H,24,25,26). The maximum Gasteiger partial charge on any atom is 0.387 e. The third kappa shape index (κ3) is 5.07. The van der Waals surface area contributed by atoms with Crippen molar-refractivity contribution in [1.29, 1.82) is 0 Å². The van der Waals surface area contributed by atoms with Crippen molar-refractivity contribution in [1.82, 2.24) is 20.5 Å². The largest absolute Gasteiger partial charge is 0.493 e. The van der Waals surface area contributed by atoms with Crippen molar-refractivity contribution in [3.05, 3.63) is 59.4 Å².